The number of nitrogens with zero attached hydrogens (tertiary/aromatic N) is 3. The molecule has 1 atom stereocenters. The fourth-order valence-corrected chi connectivity index (χ4v) is 5.00. The van der Waals surface area contributed by atoms with E-state index in [1.807, 2.05) is 38.2 Å². The van der Waals surface area contributed by atoms with Gasteiger partial charge in [-0.2, -0.15) is 4.31 Å². The molecule has 2 aromatic rings. The van der Waals surface area contributed by atoms with E-state index in [1.54, 1.807) is 22.6 Å². The Morgan fingerprint density at radius 1 is 1.24 bits per heavy atom. The normalized spacial score (nSPS) is 18.4. The van der Waals surface area contributed by atoms with Gasteiger partial charge in [0.2, 0.25) is 10.0 Å². The molecule has 1 saturated heterocycles. The molecule has 0 N–H and O–H groups in total. The zero-order chi connectivity index (χ0) is 18.0. The average molecular weight is 359 g/mol. The van der Waals surface area contributed by atoms with Crippen molar-refractivity contribution in [3.63, 3.8) is 0 Å². The van der Waals surface area contributed by atoms with E-state index in [4.69, 9.17) is 0 Å². The van der Waals surface area contributed by atoms with Gasteiger partial charge in [0, 0.05) is 31.9 Å². The summed E-state index contributed by atoms with van der Waals surface area (Å²) < 4.78 is 28.0. The van der Waals surface area contributed by atoms with Crippen LogP contribution in [0, 0.1) is 6.92 Å². The number of hydrogen-bond donors (Lipinski definition) is 0. The van der Waals surface area contributed by atoms with Gasteiger partial charge >= 0.3 is 0 Å². The zero-order valence-corrected chi connectivity index (χ0v) is 15.8. The standard InChI is InChI=1S/C19H25N3O2S/c1-4-21(3)19-17(7-5-13-20-19)18-8-6-14-22(18)25(23,24)16-11-9-15(2)10-12-16/h5,7,9-13,18H,4,6,8,14H2,1-3H3/t18-/m1/s1. The van der Waals surface area contributed by atoms with Crippen LogP contribution < -0.4 is 4.90 Å². The fourth-order valence-electron chi connectivity index (χ4n) is 3.32. The Hall–Kier alpha value is -1.92. The maximum Gasteiger partial charge on any atom is 0.243 e. The van der Waals surface area contributed by atoms with Crippen molar-refractivity contribution >= 4 is 15.8 Å². The average Bonchev–Trinajstić information content (AvgIpc) is 3.12. The van der Waals surface area contributed by atoms with Crippen molar-refractivity contribution in [1.82, 2.24) is 9.29 Å². The second kappa shape index (κ2) is 7.14. The van der Waals surface area contributed by atoms with Gasteiger partial charge in [-0.15, -0.1) is 0 Å². The van der Waals surface area contributed by atoms with E-state index in [1.165, 1.54) is 0 Å². The highest BCUT2D eigenvalue weighted by Crippen LogP contribution is 2.39. The molecule has 25 heavy (non-hydrogen) atoms. The maximum atomic E-state index is 13.2. The monoisotopic (exact) mass is 359 g/mol. The third kappa shape index (κ3) is 3.41. The van der Waals surface area contributed by atoms with Crippen LogP contribution in [-0.4, -0.2) is 37.8 Å². The molecule has 134 valence electrons. The predicted molar refractivity (Wildman–Crippen MR) is 100 cm³/mol. The quantitative estimate of drug-likeness (QED) is 0.821. The third-order valence-electron chi connectivity index (χ3n) is 4.84. The first kappa shape index (κ1) is 17.9. The van der Waals surface area contributed by atoms with E-state index in [2.05, 4.69) is 16.8 Å². The second-order valence-corrected chi connectivity index (χ2v) is 8.41. The van der Waals surface area contributed by atoms with E-state index in [0.29, 0.717) is 11.4 Å². The van der Waals surface area contributed by atoms with Gasteiger partial charge in [-0.1, -0.05) is 23.8 Å². The highest BCUT2D eigenvalue weighted by molar-refractivity contribution is 7.89. The second-order valence-electron chi connectivity index (χ2n) is 6.52. The molecule has 1 aromatic heterocycles. The van der Waals surface area contributed by atoms with Gasteiger partial charge < -0.3 is 4.90 Å². The first-order valence-electron chi connectivity index (χ1n) is 8.69. The molecule has 6 heteroatoms. The maximum absolute atomic E-state index is 13.2. The lowest BCUT2D eigenvalue weighted by atomic mass is 10.1. The van der Waals surface area contributed by atoms with Gasteiger partial charge in [0.15, 0.2) is 0 Å². The van der Waals surface area contributed by atoms with E-state index < -0.39 is 10.0 Å². The van der Waals surface area contributed by atoms with Crippen molar-refractivity contribution in [1.29, 1.82) is 0 Å². The van der Waals surface area contributed by atoms with E-state index in [9.17, 15) is 8.42 Å². The van der Waals surface area contributed by atoms with Crippen molar-refractivity contribution in [2.75, 3.05) is 25.0 Å². The minimum absolute atomic E-state index is 0.163. The van der Waals surface area contributed by atoms with Crippen LogP contribution >= 0.6 is 0 Å². The Morgan fingerprint density at radius 3 is 2.64 bits per heavy atom. The summed E-state index contributed by atoms with van der Waals surface area (Å²) in [4.78, 5) is 6.92. The van der Waals surface area contributed by atoms with Crippen LogP contribution in [0.15, 0.2) is 47.5 Å². The Kier molecular flexibility index (Phi) is 5.11. The van der Waals surface area contributed by atoms with E-state index >= 15 is 0 Å². The molecule has 0 spiro atoms. The van der Waals surface area contributed by atoms with Gasteiger partial charge in [-0.3, -0.25) is 0 Å². The van der Waals surface area contributed by atoms with Gasteiger partial charge in [-0.25, -0.2) is 13.4 Å². The summed E-state index contributed by atoms with van der Waals surface area (Å²) in [5.41, 5.74) is 2.04. The molecule has 0 amide bonds. The van der Waals surface area contributed by atoms with Crippen molar-refractivity contribution < 1.29 is 8.42 Å². The first-order chi connectivity index (χ1) is 11.9. The number of benzene rings is 1. The van der Waals surface area contributed by atoms with Gasteiger partial charge in [0.1, 0.15) is 5.82 Å². The lowest BCUT2D eigenvalue weighted by Crippen LogP contribution is -2.32. The number of rotatable bonds is 5. The van der Waals surface area contributed by atoms with Crippen LogP contribution in [0.4, 0.5) is 5.82 Å². The molecule has 0 bridgehead atoms. The summed E-state index contributed by atoms with van der Waals surface area (Å²) >= 11 is 0. The van der Waals surface area contributed by atoms with Gasteiger partial charge in [0.05, 0.1) is 10.9 Å². The van der Waals surface area contributed by atoms with Crippen molar-refractivity contribution in [2.45, 2.75) is 37.6 Å². The fraction of sp³-hybridized carbons (Fsp3) is 0.421. The molecule has 0 saturated carbocycles. The Bertz CT molecular complexity index is 834. The summed E-state index contributed by atoms with van der Waals surface area (Å²) in [6.07, 6.45) is 3.44. The largest absolute Gasteiger partial charge is 0.360 e. The highest BCUT2D eigenvalue weighted by atomic mass is 32.2. The minimum Gasteiger partial charge on any atom is -0.360 e. The number of sulfonamides is 1. The van der Waals surface area contributed by atoms with Crippen LogP contribution in [0.25, 0.3) is 0 Å². The van der Waals surface area contributed by atoms with Crippen molar-refractivity contribution in [3.8, 4) is 0 Å². The molecule has 1 fully saturated rings. The lowest BCUT2D eigenvalue weighted by molar-refractivity contribution is 0.396. The number of anilines is 1. The topological polar surface area (TPSA) is 53.5 Å². The molecule has 1 aromatic carbocycles. The summed E-state index contributed by atoms with van der Waals surface area (Å²) in [5, 5.41) is 0. The number of pyridine rings is 1. The minimum atomic E-state index is -3.51. The Morgan fingerprint density at radius 2 is 1.96 bits per heavy atom. The van der Waals surface area contributed by atoms with Crippen LogP contribution in [0.3, 0.4) is 0 Å². The summed E-state index contributed by atoms with van der Waals surface area (Å²) in [7, 11) is -1.53. The van der Waals surface area contributed by atoms with E-state index in [-0.39, 0.29) is 6.04 Å². The smallest absolute Gasteiger partial charge is 0.243 e. The van der Waals surface area contributed by atoms with Crippen LogP contribution in [0.2, 0.25) is 0 Å². The summed E-state index contributed by atoms with van der Waals surface area (Å²) in [6, 6.07) is 10.8. The van der Waals surface area contributed by atoms with Crippen LogP contribution in [0.1, 0.15) is 36.9 Å². The lowest BCUT2D eigenvalue weighted by Gasteiger charge is -2.28. The highest BCUT2D eigenvalue weighted by Gasteiger charge is 2.37. The molecule has 2 heterocycles. The SMILES string of the molecule is CCN(C)c1ncccc1[C@H]1CCCN1S(=O)(=O)c1ccc(C)cc1. The van der Waals surface area contributed by atoms with Crippen molar-refractivity contribution in [2.24, 2.45) is 0 Å². The van der Waals surface area contributed by atoms with Gasteiger partial charge in [-0.05, 0) is 44.9 Å². The summed E-state index contributed by atoms with van der Waals surface area (Å²) in [5.74, 6) is 0.862. The third-order valence-corrected chi connectivity index (χ3v) is 6.77. The predicted octanol–water partition coefficient (Wildman–Crippen LogP) is 3.37. The van der Waals surface area contributed by atoms with Crippen LogP contribution in [0.5, 0.6) is 0 Å². The molecule has 0 aliphatic carbocycles. The molecule has 1 aliphatic rings. The Balaban J connectivity index is 2.00. The molecule has 3 rings (SSSR count). The molecule has 1 aliphatic heterocycles. The summed E-state index contributed by atoms with van der Waals surface area (Å²) in [6.45, 7) is 5.39. The first-order valence-corrected chi connectivity index (χ1v) is 10.1. The number of hydrogen-bond acceptors (Lipinski definition) is 4. The molecular formula is C19H25N3O2S. The van der Waals surface area contributed by atoms with E-state index in [0.717, 1.165) is 36.3 Å². The Labute approximate surface area is 150 Å². The zero-order valence-electron chi connectivity index (χ0n) is 15.0. The van der Waals surface area contributed by atoms with Crippen molar-refractivity contribution in [3.05, 3.63) is 53.7 Å². The van der Waals surface area contributed by atoms with Gasteiger partial charge in [0.25, 0.3) is 0 Å². The number of aryl methyl sites for hydroxylation is 1. The molecule has 0 radical (unpaired) electrons. The number of aromatic nitrogens is 1. The molecule has 5 nitrogen and oxygen atoms in total. The molecular weight excluding hydrogens is 334 g/mol. The molecule has 0 unspecified atom stereocenters. The van der Waals surface area contributed by atoms with Crippen LogP contribution in [-0.2, 0) is 10.0 Å².